The number of aromatic nitrogens is 2. The Labute approximate surface area is 110 Å². The van der Waals surface area contributed by atoms with E-state index in [-0.39, 0.29) is 17.4 Å². The molecule has 0 unspecified atom stereocenters. The number of rotatable bonds is 4. The summed E-state index contributed by atoms with van der Waals surface area (Å²) in [5.41, 5.74) is 7.30. The summed E-state index contributed by atoms with van der Waals surface area (Å²) in [7, 11) is 1.62. The van der Waals surface area contributed by atoms with E-state index in [9.17, 15) is 4.79 Å². The van der Waals surface area contributed by atoms with E-state index in [1.54, 1.807) is 13.2 Å². The molecule has 0 aliphatic rings. The maximum absolute atomic E-state index is 11.9. The lowest BCUT2D eigenvalue weighted by Crippen LogP contribution is -2.15. The number of nitrogens with one attached hydrogen (secondary N) is 1. The molecule has 2 rings (SSSR count). The van der Waals surface area contributed by atoms with Crippen molar-refractivity contribution in [3.8, 4) is 0 Å². The van der Waals surface area contributed by atoms with Crippen molar-refractivity contribution in [2.24, 2.45) is 0 Å². The van der Waals surface area contributed by atoms with Crippen LogP contribution in [0.4, 0.5) is 11.5 Å². The molecule has 0 aliphatic carbocycles. The van der Waals surface area contributed by atoms with Crippen LogP contribution in [-0.4, -0.2) is 23.0 Å². The summed E-state index contributed by atoms with van der Waals surface area (Å²) in [6.45, 7) is 0.488. The summed E-state index contributed by atoms with van der Waals surface area (Å²) in [6.07, 6.45) is 2.75. The summed E-state index contributed by atoms with van der Waals surface area (Å²) >= 11 is 0. The molecule has 1 heterocycles. The zero-order chi connectivity index (χ0) is 13.7. The van der Waals surface area contributed by atoms with Gasteiger partial charge in [0.1, 0.15) is 11.5 Å². The summed E-state index contributed by atoms with van der Waals surface area (Å²) in [5.74, 6) is -0.143. The first kappa shape index (κ1) is 13.0. The van der Waals surface area contributed by atoms with Gasteiger partial charge in [-0.15, -0.1) is 0 Å². The van der Waals surface area contributed by atoms with Crippen LogP contribution in [0.2, 0.25) is 0 Å². The van der Waals surface area contributed by atoms with E-state index < -0.39 is 0 Å². The quantitative estimate of drug-likeness (QED) is 0.866. The van der Waals surface area contributed by atoms with Crippen molar-refractivity contribution in [3.05, 3.63) is 47.9 Å². The number of hydrogen-bond donors (Lipinski definition) is 2. The molecule has 0 aliphatic heterocycles. The molecular weight excluding hydrogens is 244 g/mol. The predicted octanol–water partition coefficient (Wildman–Crippen LogP) is 1.46. The van der Waals surface area contributed by atoms with Crippen LogP contribution in [0.5, 0.6) is 0 Å². The molecule has 0 saturated heterocycles. The third-order valence-corrected chi connectivity index (χ3v) is 2.38. The molecule has 2 aromatic rings. The van der Waals surface area contributed by atoms with Crippen molar-refractivity contribution >= 4 is 17.4 Å². The monoisotopic (exact) mass is 258 g/mol. The van der Waals surface area contributed by atoms with Gasteiger partial charge in [-0.2, -0.15) is 0 Å². The number of nitrogen functional groups attached to an aromatic ring is 1. The molecule has 3 N–H and O–H groups in total. The van der Waals surface area contributed by atoms with E-state index >= 15 is 0 Å². The lowest BCUT2D eigenvalue weighted by molar-refractivity contribution is 0.102. The van der Waals surface area contributed by atoms with Gasteiger partial charge in [0, 0.05) is 12.8 Å². The van der Waals surface area contributed by atoms with Crippen molar-refractivity contribution in [1.29, 1.82) is 0 Å². The van der Waals surface area contributed by atoms with E-state index in [1.807, 2.05) is 18.2 Å². The molecule has 6 nitrogen and oxygen atoms in total. The standard InChI is InChI=1S/C13H14N4O2/c1-19-8-9-3-2-4-10(5-9)16-13(18)11-6-15-7-12(14)17-11/h2-7H,8H2,1H3,(H2,14,17)(H,16,18). The maximum atomic E-state index is 11.9. The molecule has 0 spiro atoms. The summed E-state index contributed by atoms with van der Waals surface area (Å²) in [6, 6.07) is 7.38. The van der Waals surface area contributed by atoms with E-state index in [1.165, 1.54) is 12.4 Å². The first-order chi connectivity index (χ1) is 9.19. The number of carbonyl (C=O) groups is 1. The minimum Gasteiger partial charge on any atom is -0.382 e. The van der Waals surface area contributed by atoms with Crippen LogP contribution in [0.15, 0.2) is 36.7 Å². The van der Waals surface area contributed by atoms with Gasteiger partial charge in [0.25, 0.3) is 5.91 Å². The van der Waals surface area contributed by atoms with Crippen LogP contribution >= 0.6 is 0 Å². The number of anilines is 2. The maximum Gasteiger partial charge on any atom is 0.275 e. The van der Waals surface area contributed by atoms with Crippen molar-refractivity contribution < 1.29 is 9.53 Å². The fourth-order valence-electron chi connectivity index (χ4n) is 1.59. The van der Waals surface area contributed by atoms with Crippen molar-refractivity contribution in [2.45, 2.75) is 6.61 Å². The SMILES string of the molecule is COCc1cccc(NC(=O)c2cncc(N)n2)c1. The Morgan fingerprint density at radius 1 is 1.42 bits per heavy atom. The first-order valence-electron chi connectivity index (χ1n) is 5.66. The number of nitrogens with zero attached hydrogens (tertiary/aromatic N) is 2. The second-order valence-electron chi connectivity index (χ2n) is 3.92. The third-order valence-electron chi connectivity index (χ3n) is 2.38. The molecule has 19 heavy (non-hydrogen) atoms. The molecule has 0 fully saturated rings. The highest BCUT2D eigenvalue weighted by Gasteiger charge is 2.08. The number of hydrogen-bond acceptors (Lipinski definition) is 5. The Morgan fingerprint density at radius 3 is 3.00 bits per heavy atom. The van der Waals surface area contributed by atoms with E-state index in [4.69, 9.17) is 10.5 Å². The average Bonchev–Trinajstić information content (AvgIpc) is 2.39. The van der Waals surface area contributed by atoms with Gasteiger partial charge >= 0.3 is 0 Å². The van der Waals surface area contributed by atoms with Gasteiger partial charge in [-0.3, -0.25) is 9.78 Å². The van der Waals surface area contributed by atoms with Gasteiger partial charge in [0.15, 0.2) is 0 Å². The number of methoxy groups -OCH3 is 1. The van der Waals surface area contributed by atoms with Gasteiger partial charge in [-0.1, -0.05) is 12.1 Å². The average molecular weight is 258 g/mol. The smallest absolute Gasteiger partial charge is 0.275 e. The van der Waals surface area contributed by atoms with E-state index in [2.05, 4.69) is 15.3 Å². The minimum absolute atomic E-state index is 0.178. The number of carbonyl (C=O) groups excluding carboxylic acids is 1. The molecule has 0 saturated carbocycles. The lowest BCUT2D eigenvalue weighted by Gasteiger charge is -2.06. The van der Waals surface area contributed by atoms with Crippen LogP contribution in [0, 0.1) is 0 Å². The fourth-order valence-corrected chi connectivity index (χ4v) is 1.59. The second kappa shape index (κ2) is 5.92. The summed E-state index contributed by atoms with van der Waals surface area (Å²) in [4.78, 5) is 19.7. The Hall–Kier alpha value is -2.47. The molecule has 0 radical (unpaired) electrons. The molecule has 0 atom stereocenters. The highest BCUT2D eigenvalue weighted by molar-refractivity contribution is 6.02. The number of amides is 1. The lowest BCUT2D eigenvalue weighted by atomic mass is 10.2. The Balaban J connectivity index is 2.12. The van der Waals surface area contributed by atoms with Crippen LogP contribution in [0.25, 0.3) is 0 Å². The number of benzene rings is 1. The molecule has 98 valence electrons. The van der Waals surface area contributed by atoms with Crippen molar-refractivity contribution in [3.63, 3.8) is 0 Å². The minimum atomic E-state index is -0.352. The van der Waals surface area contributed by atoms with E-state index in [0.29, 0.717) is 12.3 Å². The molecule has 1 amide bonds. The van der Waals surface area contributed by atoms with Gasteiger partial charge in [0.05, 0.1) is 19.0 Å². The molecular formula is C13H14N4O2. The van der Waals surface area contributed by atoms with Gasteiger partial charge in [-0.25, -0.2) is 4.98 Å². The normalized spacial score (nSPS) is 10.2. The molecule has 0 bridgehead atoms. The zero-order valence-corrected chi connectivity index (χ0v) is 10.5. The fraction of sp³-hybridized carbons (Fsp3) is 0.154. The summed E-state index contributed by atoms with van der Waals surface area (Å²) < 4.78 is 5.04. The Morgan fingerprint density at radius 2 is 2.26 bits per heavy atom. The predicted molar refractivity (Wildman–Crippen MR) is 71.6 cm³/mol. The largest absolute Gasteiger partial charge is 0.382 e. The van der Waals surface area contributed by atoms with Gasteiger partial charge < -0.3 is 15.8 Å². The van der Waals surface area contributed by atoms with Crippen LogP contribution < -0.4 is 11.1 Å². The van der Waals surface area contributed by atoms with Crippen molar-refractivity contribution in [1.82, 2.24) is 9.97 Å². The van der Waals surface area contributed by atoms with Gasteiger partial charge in [-0.05, 0) is 17.7 Å². The van der Waals surface area contributed by atoms with Crippen LogP contribution in [0.3, 0.4) is 0 Å². The van der Waals surface area contributed by atoms with Crippen LogP contribution in [0.1, 0.15) is 16.1 Å². The highest BCUT2D eigenvalue weighted by Crippen LogP contribution is 2.12. The number of nitrogens with two attached hydrogens (primary N) is 1. The van der Waals surface area contributed by atoms with Gasteiger partial charge in [0.2, 0.25) is 0 Å². The van der Waals surface area contributed by atoms with Crippen molar-refractivity contribution in [2.75, 3.05) is 18.2 Å². The highest BCUT2D eigenvalue weighted by atomic mass is 16.5. The first-order valence-corrected chi connectivity index (χ1v) is 5.66. The third kappa shape index (κ3) is 3.49. The molecule has 6 heteroatoms. The van der Waals surface area contributed by atoms with E-state index in [0.717, 1.165) is 5.56 Å². The molecule has 1 aromatic carbocycles. The zero-order valence-electron chi connectivity index (χ0n) is 10.5. The summed E-state index contributed by atoms with van der Waals surface area (Å²) in [5, 5.41) is 2.73. The number of ether oxygens (including phenoxy) is 1. The Bertz CT molecular complexity index is 586. The van der Waals surface area contributed by atoms with Crippen LogP contribution in [-0.2, 0) is 11.3 Å². The molecule has 1 aromatic heterocycles. The topological polar surface area (TPSA) is 90.1 Å². The second-order valence-corrected chi connectivity index (χ2v) is 3.92. The Kier molecular flexibility index (Phi) is 4.04.